The summed E-state index contributed by atoms with van der Waals surface area (Å²) in [7, 11) is 0. The van der Waals surface area contributed by atoms with E-state index in [9.17, 15) is 9.59 Å². The third-order valence-electron chi connectivity index (χ3n) is 6.22. The molecule has 2 aliphatic heterocycles. The summed E-state index contributed by atoms with van der Waals surface area (Å²) in [6, 6.07) is 8.03. The number of rotatable bonds is 5. The number of pyridine rings is 1. The maximum Gasteiger partial charge on any atom is 0.227 e. The summed E-state index contributed by atoms with van der Waals surface area (Å²) in [5.41, 5.74) is 1.35. The number of hydrogen-bond acceptors (Lipinski definition) is 4. The maximum atomic E-state index is 12.6. The van der Waals surface area contributed by atoms with Gasteiger partial charge < -0.3 is 9.80 Å². The molecule has 0 saturated carbocycles. The lowest BCUT2D eigenvalue weighted by atomic mass is 9.72. The van der Waals surface area contributed by atoms with Gasteiger partial charge in [0, 0.05) is 49.9 Å². The molecule has 28 heavy (non-hydrogen) atoms. The largest absolute Gasteiger partial charge is 0.342 e. The number of carbonyl (C=O) groups is 2. The number of hydrogen-bond donors (Lipinski definition) is 0. The predicted molar refractivity (Wildman–Crippen MR) is 110 cm³/mol. The highest BCUT2D eigenvalue weighted by atomic mass is 32.1. The topological polar surface area (TPSA) is 53.5 Å². The van der Waals surface area contributed by atoms with Crippen LogP contribution in [0.15, 0.2) is 42.0 Å². The number of nitrogens with zero attached hydrogens (tertiary/aromatic N) is 3. The van der Waals surface area contributed by atoms with Gasteiger partial charge in [0.1, 0.15) is 0 Å². The molecule has 6 heteroatoms. The molecular weight excluding hydrogens is 370 g/mol. The average molecular weight is 398 g/mol. The van der Waals surface area contributed by atoms with Crippen LogP contribution in [-0.4, -0.2) is 52.8 Å². The van der Waals surface area contributed by atoms with Crippen LogP contribution in [0.25, 0.3) is 0 Å². The van der Waals surface area contributed by atoms with Crippen LogP contribution in [-0.2, 0) is 22.4 Å². The first kappa shape index (κ1) is 19.1. The van der Waals surface area contributed by atoms with Gasteiger partial charge in [0.15, 0.2) is 0 Å². The molecule has 4 rings (SSSR count). The minimum Gasteiger partial charge on any atom is -0.342 e. The highest BCUT2D eigenvalue weighted by Crippen LogP contribution is 2.40. The minimum atomic E-state index is 0.183. The summed E-state index contributed by atoms with van der Waals surface area (Å²) >= 11 is 1.64. The highest BCUT2D eigenvalue weighted by molar-refractivity contribution is 7.10. The van der Waals surface area contributed by atoms with Crippen molar-refractivity contribution in [2.75, 3.05) is 26.2 Å². The standard InChI is InChI=1S/C22H27N3O2S/c26-20-5-7-22(17-25(20)11-6-18-3-1-10-23-16-18)8-12-24(13-9-22)21(27)15-19-4-2-14-28-19/h1-4,10,14,16H,5-9,11-13,15,17H2. The monoisotopic (exact) mass is 397 g/mol. The van der Waals surface area contributed by atoms with Crippen LogP contribution >= 0.6 is 11.3 Å². The molecule has 2 aromatic rings. The van der Waals surface area contributed by atoms with Crippen LogP contribution in [0.1, 0.15) is 36.1 Å². The SMILES string of the molecule is O=C(Cc1cccs1)N1CCC2(CCC(=O)N(CCc3cccnc3)C2)CC1. The Morgan fingerprint density at radius 2 is 2.04 bits per heavy atom. The molecule has 5 nitrogen and oxygen atoms in total. The summed E-state index contributed by atoms with van der Waals surface area (Å²) in [6.45, 7) is 3.22. The third kappa shape index (κ3) is 4.43. The highest BCUT2D eigenvalue weighted by Gasteiger charge is 2.41. The summed E-state index contributed by atoms with van der Waals surface area (Å²) in [4.78, 5) is 34.4. The zero-order valence-electron chi connectivity index (χ0n) is 16.2. The lowest BCUT2D eigenvalue weighted by Gasteiger charge is -2.47. The lowest BCUT2D eigenvalue weighted by molar-refractivity contribution is -0.142. The van der Waals surface area contributed by atoms with E-state index >= 15 is 0 Å². The molecule has 2 aliphatic rings. The molecule has 2 aromatic heterocycles. The van der Waals surface area contributed by atoms with Gasteiger partial charge >= 0.3 is 0 Å². The van der Waals surface area contributed by atoms with Crippen LogP contribution in [0.3, 0.4) is 0 Å². The second kappa shape index (κ2) is 8.43. The molecule has 2 fully saturated rings. The van der Waals surface area contributed by atoms with E-state index in [1.165, 1.54) is 5.56 Å². The number of piperidine rings is 2. The van der Waals surface area contributed by atoms with Crippen molar-refractivity contribution in [1.82, 2.24) is 14.8 Å². The van der Waals surface area contributed by atoms with Gasteiger partial charge in [-0.15, -0.1) is 11.3 Å². The van der Waals surface area contributed by atoms with Crippen molar-refractivity contribution in [1.29, 1.82) is 0 Å². The second-order valence-corrected chi connectivity index (χ2v) is 9.10. The smallest absolute Gasteiger partial charge is 0.227 e. The number of likely N-dealkylation sites (tertiary alicyclic amines) is 2. The van der Waals surface area contributed by atoms with Gasteiger partial charge in [-0.1, -0.05) is 12.1 Å². The van der Waals surface area contributed by atoms with Gasteiger partial charge in [0.25, 0.3) is 0 Å². The van der Waals surface area contributed by atoms with E-state index in [4.69, 9.17) is 0 Å². The molecule has 1 spiro atoms. The average Bonchev–Trinajstić information content (AvgIpc) is 3.23. The van der Waals surface area contributed by atoms with E-state index in [1.807, 2.05) is 39.6 Å². The minimum absolute atomic E-state index is 0.183. The van der Waals surface area contributed by atoms with Crippen molar-refractivity contribution < 1.29 is 9.59 Å². The normalized spacial score (nSPS) is 19.2. The first-order valence-electron chi connectivity index (χ1n) is 10.1. The lowest BCUT2D eigenvalue weighted by Crippen LogP contribution is -2.52. The van der Waals surface area contributed by atoms with Gasteiger partial charge in [-0.2, -0.15) is 0 Å². The molecule has 148 valence electrons. The van der Waals surface area contributed by atoms with Crippen LogP contribution in [0.4, 0.5) is 0 Å². The Morgan fingerprint density at radius 1 is 1.18 bits per heavy atom. The summed E-state index contributed by atoms with van der Waals surface area (Å²) in [5, 5.41) is 2.02. The van der Waals surface area contributed by atoms with Crippen molar-refractivity contribution in [2.24, 2.45) is 5.41 Å². The summed E-state index contributed by atoms with van der Waals surface area (Å²) in [5.74, 6) is 0.503. The fraction of sp³-hybridized carbons (Fsp3) is 0.500. The number of amides is 2. The quantitative estimate of drug-likeness (QED) is 0.779. The Kier molecular flexibility index (Phi) is 5.76. The Hall–Kier alpha value is -2.21. The molecule has 0 atom stereocenters. The first-order valence-corrected chi connectivity index (χ1v) is 11.0. The van der Waals surface area contributed by atoms with E-state index in [1.54, 1.807) is 17.5 Å². The Balaban J connectivity index is 1.31. The van der Waals surface area contributed by atoms with Crippen molar-refractivity contribution in [3.8, 4) is 0 Å². The Labute approximate surface area is 170 Å². The molecule has 2 amide bonds. The van der Waals surface area contributed by atoms with Gasteiger partial charge in [-0.3, -0.25) is 14.6 Å². The van der Waals surface area contributed by atoms with Gasteiger partial charge in [0.05, 0.1) is 6.42 Å². The van der Waals surface area contributed by atoms with Gasteiger partial charge in [-0.05, 0) is 54.2 Å². The molecule has 0 aliphatic carbocycles. The van der Waals surface area contributed by atoms with Crippen molar-refractivity contribution >= 4 is 23.2 Å². The molecule has 0 aromatic carbocycles. The Bertz CT molecular complexity index is 798. The zero-order valence-corrected chi connectivity index (χ0v) is 17.0. The molecule has 0 radical (unpaired) electrons. The Morgan fingerprint density at radius 3 is 2.75 bits per heavy atom. The van der Waals surface area contributed by atoms with Crippen molar-refractivity contribution in [3.05, 3.63) is 52.5 Å². The third-order valence-corrected chi connectivity index (χ3v) is 7.10. The van der Waals surface area contributed by atoms with E-state index in [2.05, 4.69) is 11.1 Å². The van der Waals surface area contributed by atoms with E-state index in [0.29, 0.717) is 12.8 Å². The number of aromatic nitrogens is 1. The van der Waals surface area contributed by atoms with Gasteiger partial charge in [0.2, 0.25) is 11.8 Å². The van der Waals surface area contributed by atoms with Crippen LogP contribution in [0.2, 0.25) is 0 Å². The second-order valence-electron chi connectivity index (χ2n) is 8.06. The zero-order chi connectivity index (χ0) is 19.4. The van der Waals surface area contributed by atoms with Crippen LogP contribution in [0, 0.1) is 5.41 Å². The van der Waals surface area contributed by atoms with Crippen LogP contribution < -0.4 is 0 Å². The summed E-state index contributed by atoms with van der Waals surface area (Å²) < 4.78 is 0. The molecule has 0 bridgehead atoms. The van der Waals surface area contributed by atoms with Gasteiger partial charge in [-0.25, -0.2) is 0 Å². The van der Waals surface area contributed by atoms with E-state index < -0.39 is 0 Å². The maximum absolute atomic E-state index is 12.6. The van der Waals surface area contributed by atoms with Crippen molar-refractivity contribution in [2.45, 2.75) is 38.5 Å². The number of thiophene rings is 1. The fourth-order valence-corrected chi connectivity index (χ4v) is 5.12. The molecular formula is C22H27N3O2S. The predicted octanol–water partition coefficient (Wildman–Crippen LogP) is 3.16. The van der Waals surface area contributed by atoms with E-state index in [0.717, 1.165) is 56.7 Å². The summed E-state index contributed by atoms with van der Waals surface area (Å²) in [6.07, 6.45) is 8.61. The molecule has 2 saturated heterocycles. The van der Waals surface area contributed by atoms with Crippen molar-refractivity contribution in [3.63, 3.8) is 0 Å². The van der Waals surface area contributed by atoms with Crippen LogP contribution in [0.5, 0.6) is 0 Å². The molecule has 4 heterocycles. The molecule has 0 unspecified atom stereocenters. The van der Waals surface area contributed by atoms with E-state index in [-0.39, 0.29) is 17.2 Å². The number of carbonyl (C=O) groups excluding carboxylic acids is 2. The fourth-order valence-electron chi connectivity index (χ4n) is 4.43. The molecule has 0 N–H and O–H groups in total. The first-order chi connectivity index (χ1) is 13.6.